The first-order chi connectivity index (χ1) is 17.5. The van der Waals surface area contributed by atoms with Crippen molar-refractivity contribution >= 4 is 11.8 Å². The lowest BCUT2D eigenvalue weighted by atomic mass is 9.71. The highest BCUT2D eigenvalue weighted by Crippen LogP contribution is 2.52. The van der Waals surface area contributed by atoms with E-state index in [1.54, 1.807) is 39.5 Å². The van der Waals surface area contributed by atoms with Crippen molar-refractivity contribution in [2.75, 3.05) is 47.6 Å². The van der Waals surface area contributed by atoms with Crippen molar-refractivity contribution in [3.8, 4) is 11.5 Å². The molecule has 8 nitrogen and oxygen atoms in total. The first kappa shape index (κ1) is 26.0. The van der Waals surface area contributed by atoms with Gasteiger partial charge in [0.1, 0.15) is 0 Å². The van der Waals surface area contributed by atoms with Crippen molar-refractivity contribution in [1.82, 2.24) is 10.2 Å². The van der Waals surface area contributed by atoms with E-state index in [2.05, 4.69) is 17.4 Å². The first-order valence-electron chi connectivity index (χ1n) is 12.5. The monoisotopic (exact) mass is 496 g/mol. The van der Waals surface area contributed by atoms with E-state index in [1.165, 1.54) is 5.56 Å². The van der Waals surface area contributed by atoms with Crippen LogP contribution in [0.5, 0.6) is 11.5 Å². The Morgan fingerprint density at radius 3 is 2.42 bits per heavy atom. The van der Waals surface area contributed by atoms with E-state index in [0.717, 1.165) is 18.4 Å². The summed E-state index contributed by atoms with van der Waals surface area (Å²) in [6.45, 7) is 3.87. The number of carbonyl (C=O) groups excluding carboxylic acids is 2. The van der Waals surface area contributed by atoms with E-state index < -0.39 is 0 Å². The maximum absolute atomic E-state index is 13.5. The average Bonchev–Trinajstić information content (AvgIpc) is 3.16. The van der Waals surface area contributed by atoms with Crippen molar-refractivity contribution in [2.24, 2.45) is 0 Å². The minimum atomic E-state index is -0.314. The molecule has 4 rings (SSSR count). The van der Waals surface area contributed by atoms with Crippen molar-refractivity contribution < 1.29 is 28.5 Å². The molecule has 1 spiro atoms. The van der Waals surface area contributed by atoms with Crippen LogP contribution in [0.1, 0.15) is 53.7 Å². The van der Waals surface area contributed by atoms with E-state index in [4.69, 9.17) is 18.9 Å². The number of nitrogens with zero attached hydrogens (tertiary/aromatic N) is 1. The SMILES string of the molecule is CCC(=O)N[C@H]1c2ccccc2C2(CCN(C(=O)c3cccc(OC)c3OC)CC2)[C@@H]1OCCOC. The molecule has 194 valence electrons. The van der Waals surface area contributed by atoms with Crippen molar-refractivity contribution in [1.29, 1.82) is 0 Å². The van der Waals surface area contributed by atoms with E-state index in [-0.39, 0.29) is 29.4 Å². The number of ether oxygens (including phenoxy) is 4. The molecule has 0 aromatic heterocycles. The number of piperidine rings is 1. The maximum atomic E-state index is 13.5. The molecule has 1 fully saturated rings. The summed E-state index contributed by atoms with van der Waals surface area (Å²) < 4.78 is 22.6. The van der Waals surface area contributed by atoms with Crippen LogP contribution in [0.25, 0.3) is 0 Å². The van der Waals surface area contributed by atoms with Crippen LogP contribution in [0.15, 0.2) is 42.5 Å². The van der Waals surface area contributed by atoms with Crippen LogP contribution in [0, 0.1) is 0 Å². The van der Waals surface area contributed by atoms with Crippen LogP contribution < -0.4 is 14.8 Å². The normalized spacial score (nSPS) is 20.2. The summed E-state index contributed by atoms with van der Waals surface area (Å²) in [4.78, 5) is 27.9. The summed E-state index contributed by atoms with van der Waals surface area (Å²) in [6, 6.07) is 13.4. The van der Waals surface area contributed by atoms with Gasteiger partial charge in [-0.15, -0.1) is 0 Å². The van der Waals surface area contributed by atoms with Gasteiger partial charge in [0.2, 0.25) is 5.91 Å². The van der Waals surface area contributed by atoms with E-state index >= 15 is 0 Å². The number of para-hydroxylation sites is 1. The van der Waals surface area contributed by atoms with Gasteiger partial charge in [0.25, 0.3) is 5.91 Å². The lowest BCUT2D eigenvalue weighted by Crippen LogP contribution is -2.52. The third-order valence-corrected chi connectivity index (χ3v) is 7.48. The van der Waals surface area contributed by atoms with Gasteiger partial charge in [-0.3, -0.25) is 9.59 Å². The number of likely N-dealkylation sites (tertiary alicyclic amines) is 1. The average molecular weight is 497 g/mol. The molecular weight excluding hydrogens is 460 g/mol. The van der Waals surface area contributed by atoms with Crippen molar-refractivity contribution in [3.63, 3.8) is 0 Å². The van der Waals surface area contributed by atoms with Crippen LogP contribution >= 0.6 is 0 Å². The molecule has 1 aliphatic carbocycles. The number of amides is 2. The molecule has 0 saturated carbocycles. The molecule has 36 heavy (non-hydrogen) atoms. The van der Waals surface area contributed by atoms with E-state index in [9.17, 15) is 9.59 Å². The van der Waals surface area contributed by atoms with Gasteiger partial charge < -0.3 is 29.2 Å². The summed E-state index contributed by atoms with van der Waals surface area (Å²) in [5.41, 5.74) is 2.46. The van der Waals surface area contributed by atoms with Crippen LogP contribution in [-0.4, -0.2) is 70.5 Å². The third-order valence-electron chi connectivity index (χ3n) is 7.48. The summed E-state index contributed by atoms with van der Waals surface area (Å²) >= 11 is 0. The summed E-state index contributed by atoms with van der Waals surface area (Å²) in [6.07, 6.45) is 1.60. The minimum Gasteiger partial charge on any atom is -0.493 e. The highest BCUT2D eigenvalue weighted by Gasteiger charge is 2.54. The Morgan fingerprint density at radius 2 is 1.75 bits per heavy atom. The lowest BCUT2D eigenvalue weighted by Gasteiger charge is -2.44. The molecule has 1 heterocycles. The second kappa shape index (κ2) is 11.3. The standard InChI is InChI=1S/C28H36N2O6/c1-5-23(31)29-24-19-9-6-7-11-21(19)28(26(24)36-18-17-33-2)13-15-30(16-14-28)27(32)20-10-8-12-22(34-3)25(20)35-4/h6-12,24,26H,5,13-18H2,1-4H3,(H,29,31)/t24-,26+/m0/s1. The minimum absolute atomic E-state index is 0.00933. The Hall–Kier alpha value is -3.10. The van der Waals surface area contributed by atoms with Crippen molar-refractivity contribution in [3.05, 3.63) is 59.2 Å². The highest BCUT2D eigenvalue weighted by atomic mass is 16.5. The van der Waals surface area contributed by atoms with Gasteiger partial charge in [-0.05, 0) is 36.1 Å². The second-order valence-electron chi connectivity index (χ2n) is 9.26. The number of rotatable bonds is 9. The molecule has 8 heteroatoms. The first-order valence-corrected chi connectivity index (χ1v) is 12.5. The number of benzene rings is 2. The molecule has 1 saturated heterocycles. The zero-order chi connectivity index (χ0) is 25.7. The number of methoxy groups -OCH3 is 3. The van der Waals surface area contributed by atoms with Gasteiger partial charge in [0.15, 0.2) is 11.5 Å². The Bertz CT molecular complexity index is 1080. The number of nitrogens with one attached hydrogen (secondary N) is 1. The molecule has 0 radical (unpaired) electrons. The Morgan fingerprint density at radius 1 is 1.00 bits per heavy atom. The summed E-state index contributed by atoms with van der Waals surface area (Å²) in [7, 11) is 4.75. The van der Waals surface area contributed by atoms with Gasteiger partial charge in [0, 0.05) is 32.0 Å². The molecule has 2 amide bonds. The van der Waals surface area contributed by atoms with Gasteiger partial charge in [0.05, 0.1) is 45.1 Å². The van der Waals surface area contributed by atoms with Gasteiger partial charge in [-0.1, -0.05) is 37.3 Å². The molecule has 0 unspecified atom stereocenters. The fraction of sp³-hybridized carbons (Fsp3) is 0.500. The van der Waals surface area contributed by atoms with Crippen molar-refractivity contribution in [2.45, 2.75) is 43.7 Å². The summed E-state index contributed by atoms with van der Waals surface area (Å²) in [5.74, 6) is 0.881. The predicted octanol–water partition coefficient (Wildman–Crippen LogP) is 3.49. The van der Waals surface area contributed by atoms with Gasteiger partial charge in [-0.2, -0.15) is 0 Å². The lowest BCUT2D eigenvalue weighted by molar-refractivity contribution is -0.123. The number of fused-ring (bicyclic) bond motifs is 2. The number of hydrogen-bond donors (Lipinski definition) is 1. The molecule has 2 atom stereocenters. The van der Waals surface area contributed by atoms with Crippen LogP contribution in [0.4, 0.5) is 0 Å². The number of carbonyl (C=O) groups is 2. The Kier molecular flexibility index (Phi) is 8.16. The maximum Gasteiger partial charge on any atom is 0.257 e. The molecular formula is C28H36N2O6. The molecule has 2 aromatic rings. The number of hydrogen-bond acceptors (Lipinski definition) is 6. The molecule has 0 bridgehead atoms. The summed E-state index contributed by atoms with van der Waals surface area (Å²) in [5, 5.41) is 3.21. The molecule has 2 aromatic carbocycles. The van der Waals surface area contributed by atoms with Crippen LogP contribution in [-0.2, 0) is 19.7 Å². The second-order valence-corrected chi connectivity index (χ2v) is 9.26. The van der Waals surface area contributed by atoms with E-state index in [0.29, 0.717) is 49.8 Å². The fourth-order valence-electron chi connectivity index (χ4n) is 5.69. The van der Waals surface area contributed by atoms with Crippen LogP contribution in [0.2, 0.25) is 0 Å². The Balaban J connectivity index is 1.62. The largest absolute Gasteiger partial charge is 0.493 e. The molecule has 1 N–H and O–H groups in total. The highest BCUT2D eigenvalue weighted by molar-refractivity contribution is 5.98. The van der Waals surface area contributed by atoms with Gasteiger partial charge >= 0.3 is 0 Å². The third kappa shape index (κ3) is 4.67. The fourth-order valence-corrected chi connectivity index (χ4v) is 5.69. The molecule has 1 aliphatic heterocycles. The topological polar surface area (TPSA) is 86.3 Å². The zero-order valence-corrected chi connectivity index (χ0v) is 21.5. The van der Waals surface area contributed by atoms with E-state index in [1.807, 2.05) is 24.0 Å². The molecule has 2 aliphatic rings. The zero-order valence-electron chi connectivity index (χ0n) is 21.5. The quantitative estimate of drug-likeness (QED) is 0.535. The predicted molar refractivity (Wildman–Crippen MR) is 136 cm³/mol. The Labute approximate surface area is 212 Å². The van der Waals surface area contributed by atoms with Crippen LogP contribution in [0.3, 0.4) is 0 Å². The smallest absolute Gasteiger partial charge is 0.257 e. The van der Waals surface area contributed by atoms with Gasteiger partial charge in [-0.25, -0.2) is 0 Å².